The third-order valence-corrected chi connectivity index (χ3v) is 5.71. The van der Waals surface area contributed by atoms with Crippen LogP contribution in [0.4, 0.5) is 23.5 Å². The van der Waals surface area contributed by atoms with E-state index in [0.717, 1.165) is 9.87 Å². The maximum atomic E-state index is 13.6. The molecule has 10 nitrogen and oxygen atoms in total. The number of aryl methyl sites for hydroxylation is 1. The van der Waals surface area contributed by atoms with E-state index in [1.165, 1.54) is 12.4 Å². The summed E-state index contributed by atoms with van der Waals surface area (Å²) in [6.07, 6.45) is 2.88. The van der Waals surface area contributed by atoms with Gasteiger partial charge in [-0.05, 0) is 53.7 Å². The molecule has 0 aliphatic carbocycles. The Labute approximate surface area is 182 Å². The van der Waals surface area contributed by atoms with Crippen molar-refractivity contribution in [1.82, 2.24) is 25.1 Å². The molecule has 0 unspecified atom stereocenters. The number of benzene rings is 1. The lowest BCUT2D eigenvalue weighted by Gasteiger charge is -2.24. The van der Waals surface area contributed by atoms with E-state index in [-0.39, 0.29) is 40.0 Å². The van der Waals surface area contributed by atoms with Crippen LogP contribution in [0, 0.1) is 6.92 Å². The number of sulfonamides is 1. The number of aromatic amines is 1. The molecular formula is C20H28N8O2S. The number of nitrogens with zero attached hydrogens (tertiary/aromatic N) is 5. The summed E-state index contributed by atoms with van der Waals surface area (Å²) < 4.78 is 28.3. The lowest BCUT2D eigenvalue weighted by atomic mass is 10.1. The number of H-pyrrole nitrogens is 1. The molecule has 0 atom stereocenters. The van der Waals surface area contributed by atoms with Gasteiger partial charge in [-0.3, -0.25) is 5.10 Å². The molecular weight excluding hydrogens is 416 g/mol. The number of hydrogen-bond acceptors (Lipinski definition) is 8. The first-order valence-corrected chi connectivity index (χ1v) is 11.3. The minimum Gasteiger partial charge on any atom is -0.352 e. The highest BCUT2D eigenvalue weighted by molar-refractivity contribution is 7.93. The molecule has 0 aliphatic heterocycles. The molecule has 0 saturated carbocycles. The predicted octanol–water partition coefficient (Wildman–Crippen LogP) is 3.46. The molecule has 0 aliphatic rings. The van der Waals surface area contributed by atoms with Crippen molar-refractivity contribution in [3.05, 3.63) is 42.2 Å². The summed E-state index contributed by atoms with van der Waals surface area (Å²) in [7, 11) is -4.03. The molecule has 31 heavy (non-hydrogen) atoms. The molecule has 0 fully saturated rings. The lowest BCUT2D eigenvalue weighted by Crippen LogP contribution is -2.31. The van der Waals surface area contributed by atoms with Crippen LogP contribution in [0.3, 0.4) is 0 Å². The van der Waals surface area contributed by atoms with Crippen LogP contribution in [0.5, 0.6) is 0 Å². The van der Waals surface area contributed by atoms with Crippen LogP contribution in [0.25, 0.3) is 0 Å². The zero-order chi connectivity index (χ0) is 22.8. The molecule has 3 N–H and O–H groups in total. The molecule has 0 radical (unpaired) electrons. The number of anilines is 4. The van der Waals surface area contributed by atoms with Crippen LogP contribution in [-0.4, -0.2) is 45.1 Å². The van der Waals surface area contributed by atoms with Gasteiger partial charge in [0.15, 0.2) is 0 Å². The van der Waals surface area contributed by atoms with Gasteiger partial charge in [0.2, 0.25) is 11.9 Å². The van der Waals surface area contributed by atoms with Gasteiger partial charge in [0.25, 0.3) is 16.0 Å². The summed E-state index contributed by atoms with van der Waals surface area (Å²) in [5, 5.41) is 12.9. The molecule has 0 bridgehead atoms. The summed E-state index contributed by atoms with van der Waals surface area (Å²) in [5.74, 6) is 0.472. The third-order valence-electron chi connectivity index (χ3n) is 3.99. The Balaban J connectivity index is 2.19. The van der Waals surface area contributed by atoms with Crippen LogP contribution in [0.1, 0.15) is 40.2 Å². The molecule has 0 spiro atoms. The normalized spacial score (nSPS) is 12.1. The van der Waals surface area contributed by atoms with Crippen molar-refractivity contribution in [2.75, 3.05) is 14.9 Å². The average molecular weight is 445 g/mol. The molecule has 1 aromatic carbocycles. The number of nitrogens with one attached hydrogen (secondary N) is 3. The summed E-state index contributed by atoms with van der Waals surface area (Å²) in [6, 6.07) is 6.63. The molecule has 11 heteroatoms. The van der Waals surface area contributed by atoms with Crippen LogP contribution in [-0.2, 0) is 10.0 Å². The molecule has 0 saturated heterocycles. The maximum absolute atomic E-state index is 13.6. The van der Waals surface area contributed by atoms with E-state index >= 15 is 0 Å². The Morgan fingerprint density at radius 3 is 2.23 bits per heavy atom. The van der Waals surface area contributed by atoms with E-state index in [4.69, 9.17) is 0 Å². The van der Waals surface area contributed by atoms with Gasteiger partial charge < -0.3 is 10.6 Å². The predicted molar refractivity (Wildman–Crippen MR) is 121 cm³/mol. The highest BCUT2D eigenvalue weighted by atomic mass is 32.2. The summed E-state index contributed by atoms with van der Waals surface area (Å²) in [4.78, 5) is 13.3. The van der Waals surface area contributed by atoms with Crippen molar-refractivity contribution >= 4 is 33.6 Å². The van der Waals surface area contributed by atoms with Gasteiger partial charge in [-0.2, -0.15) is 24.4 Å². The minimum atomic E-state index is -4.03. The average Bonchev–Trinajstić information content (AvgIpc) is 3.13. The fraction of sp³-hybridized carbons (Fsp3) is 0.400. The van der Waals surface area contributed by atoms with Crippen molar-refractivity contribution in [3.63, 3.8) is 0 Å². The zero-order valence-corrected chi connectivity index (χ0v) is 19.3. The highest BCUT2D eigenvalue weighted by Crippen LogP contribution is 2.31. The van der Waals surface area contributed by atoms with Crippen molar-refractivity contribution in [2.24, 2.45) is 0 Å². The van der Waals surface area contributed by atoms with E-state index in [0.29, 0.717) is 0 Å². The summed E-state index contributed by atoms with van der Waals surface area (Å²) >= 11 is 0. The maximum Gasteiger partial charge on any atom is 0.271 e. The quantitative estimate of drug-likeness (QED) is 0.505. The first-order chi connectivity index (χ1) is 14.5. The third kappa shape index (κ3) is 5.48. The van der Waals surface area contributed by atoms with E-state index in [1.54, 1.807) is 24.3 Å². The zero-order valence-electron chi connectivity index (χ0n) is 18.5. The van der Waals surface area contributed by atoms with Crippen molar-refractivity contribution in [1.29, 1.82) is 0 Å². The van der Waals surface area contributed by atoms with E-state index in [2.05, 4.69) is 35.8 Å². The molecule has 2 aromatic heterocycles. The van der Waals surface area contributed by atoms with Gasteiger partial charge in [0.1, 0.15) is 0 Å². The second-order valence-electron chi connectivity index (χ2n) is 8.50. The Kier molecular flexibility index (Phi) is 6.16. The van der Waals surface area contributed by atoms with Crippen molar-refractivity contribution in [3.8, 4) is 0 Å². The fourth-order valence-electron chi connectivity index (χ4n) is 2.70. The van der Waals surface area contributed by atoms with Crippen LogP contribution < -0.4 is 14.9 Å². The molecule has 3 rings (SSSR count). The number of aromatic nitrogens is 5. The monoisotopic (exact) mass is 444 g/mol. The molecule has 3 aromatic rings. The number of hydrogen-bond donors (Lipinski definition) is 3. The van der Waals surface area contributed by atoms with Crippen LogP contribution >= 0.6 is 0 Å². The molecule has 2 heterocycles. The van der Waals surface area contributed by atoms with E-state index in [9.17, 15) is 8.42 Å². The van der Waals surface area contributed by atoms with Gasteiger partial charge in [-0.1, -0.05) is 17.7 Å². The van der Waals surface area contributed by atoms with E-state index in [1.807, 2.05) is 41.5 Å². The topological polar surface area (TPSA) is 129 Å². The van der Waals surface area contributed by atoms with Gasteiger partial charge in [0.05, 0.1) is 16.8 Å². The largest absolute Gasteiger partial charge is 0.352 e. The fourth-order valence-corrected chi connectivity index (χ4v) is 4.07. The van der Waals surface area contributed by atoms with Crippen LogP contribution in [0.15, 0.2) is 41.6 Å². The first kappa shape index (κ1) is 22.5. The molecule has 166 valence electrons. The first-order valence-electron chi connectivity index (χ1n) is 9.87. The standard InChI is InChI=1S/C20H28N8O2S/c1-13(2)23-17-24-18(27-20(4,5)6)26-19(25-17)28(15-11-21-22-12-15)31(29,30)16-9-7-14(3)8-10-16/h7-13H,1-6H3,(H,21,22)(H2,23,24,25,26,27). The van der Waals surface area contributed by atoms with Crippen LogP contribution in [0.2, 0.25) is 0 Å². The Morgan fingerprint density at radius 1 is 1.03 bits per heavy atom. The summed E-state index contributed by atoms with van der Waals surface area (Å²) in [5.41, 5.74) is 0.891. The second-order valence-corrected chi connectivity index (χ2v) is 10.3. The second kappa shape index (κ2) is 8.50. The molecule has 0 amide bonds. The highest BCUT2D eigenvalue weighted by Gasteiger charge is 2.31. The SMILES string of the molecule is Cc1ccc(S(=O)(=O)N(c2cn[nH]c2)c2nc(NC(C)C)nc(NC(C)(C)C)n2)cc1. The van der Waals surface area contributed by atoms with Gasteiger partial charge in [0, 0.05) is 17.8 Å². The number of rotatable bonds is 7. The van der Waals surface area contributed by atoms with Gasteiger partial charge in [-0.25, -0.2) is 8.42 Å². The Bertz CT molecular complexity index is 1120. The van der Waals surface area contributed by atoms with Gasteiger partial charge in [-0.15, -0.1) is 0 Å². The summed E-state index contributed by atoms with van der Waals surface area (Å²) in [6.45, 7) is 11.7. The van der Waals surface area contributed by atoms with E-state index < -0.39 is 10.0 Å². The van der Waals surface area contributed by atoms with Gasteiger partial charge >= 0.3 is 0 Å². The Morgan fingerprint density at radius 2 is 1.68 bits per heavy atom. The lowest BCUT2D eigenvalue weighted by molar-refractivity contribution is 0.595. The minimum absolute atomic E-state index is 0.0359. The Hall–Kier alpha value is -3.21. The smallest absolute Gasteiger partial charge is 0.271 e. The van der Waals surface area contributed by atoms with Crippen molar-refractivity contribution in [2.45, 2.75) is 58.0 Å². The van der Waals surface area contributed by atoms with Crippen molar-refractivity contribution < 1.29 is 8.42 Å².